The second-order valence-corrected chi connectivity index (χ2v) is 9.68. The van der Waals surface area contributed by atoms with Gasteiger partial charge in [-0.2, -0.15) is 0 Å². The largest absolute Gasteiger partial charge is 0.507 e. The molecule has 0 spiro atoms. The molecule has 196 valence electrons. The number of carbonyl (C=O) groups is 2. The second kappa shape index (κ2) is 11.3. The Balaban J connectivity index is 1.60. The summed E-state index contributed by atoms with van der Waals surface area (Å²) in [5.41, 5.74) is 0.307. The first-order valence-electron chi connectivity index (χ1n) is 12.1. The minimum absolute atomic E-state index is 0.0180. The summed E-state index contributed by atoms with van der Waals surface area (Å²) in [6.45, 7) is 5.18. The average molecular weight is 516 g/mol. The molecule has 4 aromatic rings. The molecule has 0 aliphatic carbocycles. The van der Waals surface area contributed by atoms with Gasteiger partial charge in [-0.3, -0.25) is 4.79 Å². The van der Waals surface area contributed by atoms with Crippen LogP contribution in [0.25, 0.3) is 21.5 Å². The number of rotatable bonds is 7. The molecule has 0 fully saturated rings. The molecule has 0 saturated heterocycles. The monoisotopic (exact) mass is 515 g/mol. The molecule has 1 atom stereocenters. The molecular weight excluding hydrogens is 486 g/mol. The Morgan fingerprint density at radius 2 is 1.50 bits per heavy atom. The normalized spacial score (nSPS) is 12.6. The minimum Gasteiger partial charge on any atom is -0.507 e. The number of alkyl carbamates (subject to hydrolysis) is 1. The van der Waals surface area contributed by atoms with Gasteiger partial charge in [0, 0.05) is 16.2 Å². The van der Waals surface area contributed by atoms with Crippen molar-refractivity contribution in [1.82, 2.24) is 5.32 Å². The number of hydrogen-bond acceptors (Lipinski definition) is 7. The minimum atomic E-state index is -1.17. The van der Waals surface area contributed by atoms with E-state index in [1.54, 1.807) is 63.2 Å². The van der Waals surface area contributed by atoms with Gasteiger partial charge >= 0.3 is 6.09 Å². The van der Waals surface area contributed by atoms with E-state index < -0.39 is 23.6 Å². The van der Waals surface area contributed by atoms with Gasteiger partial charge in [0.05, 0.1) is 24.3 Å². The van der Waals surface area contributed by atoms with E-state index in [0.717, 1.165) is 5.56 Å². The molecule has 0 aliphatic rings. The van der Waals surface area contributed by atoms with Crippen molar-refractivity contribution in [2.75, 3.05) is 6.61 Å². The lowest BCUT2D eigenvalue weighted by Crippen LogP contribution is -2.45. The number of phenols is 2. The number of phenolic OH excluding ortho intramolecular Hbond substituents is 2. The summed E-state index contributed by atoms with van der Waals surface area (Å²) in [6.07, 6.45) is -0.798. The Morgan fingerprint density at radius 3 is 2.18 bits per heavy atom. The summed E-state index contributed by atoms with van der Waals surface area (Å²) in [6, 6.07) is 19.9. The molecule has 9 heteroatoms. The highest BCUT2D eigenvalue weighted by molar-refractivity contribution is 6.14. The van der Waals surface area contributed by atoms with Crippen molar-refractivity contribution in [1.29, 1.82) is 0 Å². The van der Waals surface area contributed by atoms with E-state index in [-0.39, 0.29) is 35.8 Å². The molecule has 2 amide bonds. The van der Waals surface area contributed by atoms with Crippen molar-refractivity contribution in [3.8, 4) is 11.5 Å². The molecule has 0 heterocycles. The standard InChI is InChI=1S/C29H29N3O6/c1-29(2,3)38-28(36)30-23(17-37-16-18-10-5-4-6-11-18)27(35)32-31-22-15-9-14-21-24(22)26(34)20-13-8-7-12-19(20)25(21)33/h4-15,23,33-34H,16-17H2,1-3H3,(H,30,36)/t23-/m0/s1. The molecule has 9 nitrogen and oxygen atoms in total. The highest BCUT2D eigenvalue weighted by Gasteiger charge is 2.25. The Morgan fingerprint density at radius 1 is 0.868 bits per heavy atom. The molecule has 4 rings (SSSR count). The summed E-state index contributed by atoms with van der Waals surface area (Å²) < 4.78 is 11.0. The van der Waals surface area contributed by atoms with Gasteiger partial charge < -0.3 is 25.0 Å². The zero-order chi connectivity index (χ0) is 27.3. The molecule has 0 bridgehead atoms. The summed E-state index contributed by atoms with van der Waals surface area (Å²) in [5, 5.41) is 33.6. The lowest BCUT2D eigenvalue weighted by atomic mass is 9.99. The Bertz CT molecular complexity index is 1500. The van der Waals surface area contributed by atoms with E-state index in [9.17, 15) is 19.8 Å². The number of nitrogens with one attached hydrogen (secondary N) is 1. The zero-order valence-electron chi connectivity index (χ0n) is 21.3. The number of nitrogens with zero attached hydrogens (tertiary/aromatic N) is 2. The SMILES string of the molecule is CC(C)(C)OC(=O)N[C@@H](COCc1ccccc1)C(=O)N=Nc1cccc2c(O)c3ccccc3c(O)c12. The quantitative estimate of drug-likeness (QED) is 0.154. The number of benzene rings is 4. The maximum Gasteiger partial charge on any atom is 0.408 e. The van der Waals surface area contributed by atoms with Gasteiger partial charge in [0.1, 0.15) is 23.1 Å². The number of amides is 2. The molecular formula is C29H29N3O6. The van der Waals surface area contributed by atoms with Crippen LogP contribution in [0.2, 0.25) is 0 Å². The van der Waals surface area contributed by atoms with Crippen LogP contribution in [0.15, 0.2) is 83.0 Å². The maximum absolute atomic E-state index is 13.0. The van der Waals surface area contributed by atoms with E-state index in [2.05, 4.69) is 15.5 Å². The second-order valence-electron chi connectivity index (χ2n) is 9.68. The van der Waals surface area contributed by atoms with Gasteiger partial charge in [0.25, 0.3) is 5.91 Å². The zero-order valence-corrected chi connectivity index (χ0v) is 21.3. The summed E-state index contributed by atoms with van der Waals surface area (Å²) in [5.74, 6) is -0.883. The van der Waals surface area contributed by atoms with Crippen LogP contribution in [0.5, 0.6) is 11.5 Å². The highest BCUT2D eigenvalue weighted by atomic mass is 16.6. The topological polar surface area (TPSA) is 130 Å². The molecule has 4 aromatic carbocycles. The van der Waals surface area contributed by atoms with Crippen LogP contribution in [-0.2, 0) is 20.9 Å². The molecule has 38 heavy (non-hydrogen) atoms. The van der Waals surface area contributed by atoms with Crippen LogP contribution in [0.3, 0.4) is 0 Å². The first-order chi connectivity index (χ1) is 18.1. The molecule has 3 N–H and O–H groups in total. The number of fused-ring (bicyclic) bond motifs is 2. The predicted octanol–water partition coefficient (Wildman–Crippen LogP) is 6.12. The van der Waals surface area contributed by atoms with Crippen molar-refractivity contribution in [3.05, 3.63) is 78.4 Å². The van der Waals surface area contributed by atoms with Gasteiger partial charge in [0.15, 0.2) is 0 Å². The molecule has 0 saturated carbocycles. The lowest BCUT2D eigenvalue weighted by Gasteiger charge is -2.22. The fourth-order valence-electron chi connectivity index (χ4n) is 3.91. The molecule has 0 unspecified atom stereocenters. The van der Waals surface area contributed by atoms with Gasteiger partial charge in [-0.25, -0.2) is 4.79 Å². The maximum atomic E-state index is 13.0. The van der Waals surface area contributed by atoms with Gasteiger partial charge in [-0.1, -0.05) is 66.7 Å². The smallest absolute Gasteiger partial charge is 0.408 e. The Labute approximate surface area is 219 Å². The van der Waals surface area contributed by atoms with Crippen LogP contribution < -0.4 is 5.32 Å². The number of azo groups is 1. The first-order valence-corrected chi connectivity index (χ1v) is 12.1. The highest BCUT2D eigenvalue weighted by Crippen LogP contribution is 2.45. The number of hydrogen-bond donors (Lipinski definition) is 3. The third-order valence-corrected chi connectivity index (χ3v) is 5.61. The third kappa shape index (κ3) is 6.24. The fraction of sp³-hybridized carbons (Fsp3) is 0.241. The number of carbonyl (C=O) groups excluding carboxylic acids is 2. The van der Waals surface area contributed by atoms with E-state index in [4.69, 9.17) is 9.47 Å². The number of ether oxygens (including phenoxy) is 2. The predicted molar refractivity (Wildman–Crippen MR) is 144 cm³/mol. The fourth-order valence-corrected chi connectivity index (χ4v) is 3.91. The van der Waals surface area contributed by atoms with Crippen molar-refractivity contribution in [2.45, 2.75) is 39.0 Å². The van der Waals surface area contributed by atoms with Crippen LogP contribution >= 0.6 is 0 Å². The first kappa shape index (κ1) is 26.6. The average Bonchev–Trinajstić information content (AvgIpc) is 2.89. The lowest BCUT2D eigenvalue weighted by molar-refractivity contribution is -0.122. The van der Waals surface area contributed by atoms with Crippen molar-refractivity contribution in [3.63, 3.8) is 0 Å². The van der Waals surface area contributed by atoms with Crippen LogP contribution in [0.4, 0.5) is 10.5 Å². The van der Waals surface area contributed by atoms with Crippen molar-refractivity contribution < 1.29 is 29.3 Å². The third-order valence-electron chi connectivity index (χ3n) is 5.61. The number of aromatic hydroxyl groups is 2. The van der Waals surface area contributed by atoms with E-state index >= 15 is 0 Å². The van der Waals surface area contributed by atoms with E-state index in [1.807, 2.05) is 30.3 Å². The Hall–Kier alpha value is -4.50. The van der Waals surface area contributed by atoms with Crippen LogP contribution in [0, 0.1) is 0 Å². The summed E-state index contributed by atoms with van der Waals surface area (Å²) >= 11 is 0. The van der Waals surface area contributed by atoms with Crippen molar-refractivity contribution >= 4 is 39.2 Å². The molecule has 0 aliphatic heterocycles. The van der Waals surface area contributed by atoms with Crippen molar-refractivity contribution in [2.24, 2.45) is 10.2 Å². The summed E-state index contributed by atoms with van der Waals surface area (Å²) in [4.78, 5) is 25.4. The molecule has 0 radical (unpaired) electrons. The van der Waals surface area contributed by atoms with E-state index in [0.29, 0.717) is 16.2 Å². The van der Waals surface area contributed by atoms with Crippen LogP contribution in [-0.4, -0.2) is 40.5 Å². The van der Waals surface area contributed by atoms with E-state index in [1.165, 1.54) is 0 Å². The van der Waals surface area contributed by atoms with Gasteiger partial charge in [0.2, 0.25) is 0 Å². The van der Waals surface area contributed by atoms with Gasteiger partial charge in [-0.05, 0) is 32.4 Å². The summed E-state index contributed by atoms with van der Waals surface area (Å²) in [7, 11) is 0. The van der Waals surface area contributed by atoms with Gasteiger partial charge in [-0.15, -0.1) is 10.2 Å². The van der Waals surface area contributed by atoms with Crippen LogP contribution in [0.1, 0.15) is 26.3 Å². The Kier molecular flexibility index (Phi) is 7.87. The molecule has 0 aromatic heterocycles.